The normalized spacial score (nSPS) is 29.6. The predicted molar refractivity (Wildman–Crippen MR) is 80.0 cm³/mol. The van der Waals surface area contributed by atoms with E-state index in [0.717, 1.165) is 43.7 Å². The first-order valence-corrected chi connectivity index (χ1v) is 8.04. The van der Waals surface area contributed by atoms with Crippen molar-refractivity contribution in [3.63, 3.8) is 0 Å². The minimum atomic E-state index is -0.815. The molecule has 0 aromatic rings. The van der Waals surface area contributed by atoms with Gasteiger partial charge in [-0.2, -0.15) is 0 Å². The molecule has 3 rings (SSSR count). The molecule has 0 radical (unpaired) electrons. The van der Waals surface area contributed by atoms with Crippen LogP contribution in [0.15, 0.2) is 0 Å². The van der Waals surface area contributed by atoms with Crippen molar-refractivity contribution in [1.82, 2.24) is 20.4 Å². The Balaban J connectivity index is 1.63. The standard InChI is InChI=1S/C15H24N4O3/c1-15(10-3-4-10)13(21)19(14(22)17-15)9-12(20)18(2)11-5-7-16-8-6-11/h10-11,16H,3-9H2,1-2H3,(H,17,22). The van der Waals surface area contributed by atoms with Crippen LogP contribution in [0.5, 0.6) is 0 Å². The molecule has 2 saturated heterocycles. The van der Waals surface area contributed by atoms with Crippen molar-refractivity contribution in [3.05, 3.63) is 0 Å². The summed E-state index contributed by atoms with van der Waals surface area (Å²) in [5.41, 5.74) is -0.815. The molecule has 0 aromatic carbocycles. The second-order valence-corrected chi connectivity index (χ2v) is 6.78. The highest BCUT2D eigenvalue weighted by atomic mass is 16.2. The molecular weight excluding hydrogens is 284 g/mol. The van der Waals surface area contributed by atoms with Crippen LogP contribution in [0.3, 0.4) is 0 Å². The number of nitrogens with one attached hydrogen (secondary N) is 2. The Hall–Kier alpha value is -1.63. The molecule has 0 spiro atoms. The molecule has 7 heteroatoms. The Morgan fingerprint density at radius 3 is 2.50 bits per heavy atom. The first-order chi connectivity index (χ1) is 10.4. The van der Waals surface area contributed by atoms with Gasteiger partial charge in [0.15, 0.2) is 0 Å². The number of likely N-dealkylation sites (N-methyl/N-ethyl adjacent to an activating group) is 1. The van der Waals surface area contributed by atoms with Gasteiger partial charge in [-0.05, 0) is 51.6 Å². The Kier molecular flexibility index (Phi) is 3.84. The van der Waals surface area contributed by atoms with Gasteiger partial charge in [-0.3, -0.25) is 14.5 Å². The Morgan fingerprint density at radius 1 is 1.27 bits per heavy atom. The summed E-state index contributed by atoms with van der Waals surface area (Å²) in [5.74, 6) is -0.214. The summed E-state index contributed by atoms with van der Waals surface area (Å²) in [4.78, 5) is 39.8. The number of amides is 4. The number of hydrogen-bond donors (Lipinski definition) is 2. The highest BCUT2D eigenvalue weighted by Crippen LogP contribution is 2.42. The first-order valence-electron chi connectivity index (χ1n) is 8.04. The lowest BCUT2D eigenvalue weighted by Gasteiger charge is -2.32. The molecular formula is C15H24N4O3. The summed E-state index contributed by atoms with van der Waals surface area (Å²) in [6, 6.07) is -0.254. The van der Waals surface area contributed by atoms with E-state index >= 15 is 0 Å². The van der Waals surface area contributed by atoms with E-state index < -0.39 is 11.6 Å². The zero-order valence-electron chi connectivity index (χ0n) is 13.2. The largest absolute Gasteiger partial charge is 0.341 e. The van der Waals surface area contributed by atoms with Gasteiger partial charge in [0, 0.05) is 13.1 Å². The Labute approximate surface area is 130 Å². The quantitative estimate of drug-likeness (QED) is 0.712. The predicted octanol–water partition coefficient (Wildman–Crippen LogP) is -0.0827. The van der Waals surface area contributed by atoms with Crippen molar-refractivity contribution in [2.75, 3.05) is 26.7 Å². The number of carbonyl (C=O) groups excluding carboxylic acids is 3. The zero-order chi connectivity index (χ0) is 15.9. The third-order valence-electron chi connectivity index (χ3n) is 5.24. The van der Waals surface area contributed by atoms with Crippen molar-refractivity contribution in [2.24, 2.45) is 5.92 Å². The lowest BCUT2D eigenvalue weighted by Crippen LogP contribution is -2.49. The van der Waals surface area contributed by atoms with Gasteiger partial charge < -0.3 is 15.5 Å². The maximum atomic E-state index is 12.5. The maximum Gasteiger partial charge on any atom is 0.325 e. The van der Waals surface area contributed by atoms with E-state index in [9.17, 15) is 14.4 Å². The fourth-order valence-corrected chi connectivity index (χ4v) is 3.44. The molecule has 3 fully saturated rings. The van der Waals surface area contributed by atoms with Gasteiger partial charge in [0.05, 0.1) is 0 Å². The van der Waals surface area contributed by atoms with Gasteiger partial charge in [0.25, 0.3) is 5.91 Å². The third kappa shape index (κ3) is 2.58. The van der Waals surface area contributed by atoms with Gasteiger partial charge in [-0.25, -0.2) is 4.79 Å². The summed E-state index contributed by atoms with van der Waals surface area (Å²) in [6.07, 6.45) is 3.73. The van der Waals surface area contributed by atoms with Gasteiger partial charge in [0.1, 0.15) is 12.1 Å². The highest BCUT2D eigenvalue weighted by molar-refractivity contribution is 6.09. The molecule has 0 aromatic heterocycles. The van der Waals surface area contributed by atoms with E-state index in [4.69, 9.17) is 0 Å². The Morgan fingerprint density at radius 2 is 1.91 bits per heavy atom. The SMILES string of the molecule is CN(C(=O)CN1C(=O)NC(C)(C2CC2)C1=O)C1CCNCC1. The van der Waals surface area contributed by atoms with Crippen LogP contribution in [0.2, 0.25) is 0 Å². The van der Waals surface area contributed by atoms with Crippen molar-refractivity contribution in [3.8, 4) is 0 Å². The van der Waals surface area contributed by atoms with E-state index in [-0.39, 0.29) is 30.3 Å². The van der Waals surface area contributed by atoms with Gasteiger partial charge in [0.2, 0.25) is 5.91 Å². The lowest BCUT2D eigenvalue weighted by molar-refractivity contribution is -0.139. The molecule has 22 heavy (non-hydrogen) atoms. The molecule has 1 aliphatic carbocycles. The number of carbonyl (C=O) groups is 3. The van der Waals surface area contributed by atoms with Crippen molar-refractivity contribution < 1.29 is 14.4 Å². The molecule has 1 atom stereocenters. The van der Waals surface area contributed by atoms with Crippen LogP contribution in [-0.2, 0) is 9.59 Å². The van der Waals surface area contributed by atoms with E-state index in [1.165, 1.54) is 0 Å². The molecule has 2 N–H and O–H groups in total. The minimum Gasteiger partial charge on any atom is -0.341 e. The molecule has 2 aliphatic heterocycles. The van der Waals surface area contributed by atoms with Crippen LogP contribution >= 0.6 is 0 Å². The van der Waals surface area contributed by atoms with Crippen molar-refractivity contribution >= 4 is 17.8 Å². The second-order valence-electron chi connectivity index (χ2n) is 6.78. The number of rotatable bonds is 4. The molecule has 4 amide bonds. The molecule has 7 nitrogen and oxygen atoms in total. The van der Waals surface area contributed by atoms with E-state index in [1.54, 1.807) is 18.9 Å². The van der Waals surface area contributed by atoms with E-state index in [1.807, 2.05) is 0 Å². The topological polar surface area (TPSA) is 81.8 Å². The Bertz CT molecular complexity index is 499. The van der Waals surface area contributed by atoms with Crippen molar-refractivity contribution in [2.45, 2.75) is 44.2 Å². The monoisotopic (exact) mass is 308 g/mol. The number of imide groups is 1. The van der Waals surface area contributed by atoms with Gasteiger partial charge in [-0.1, -0.05) is 0 Å². The van der Waals surface area contributed by atoms with Crippen LogP contribution in [0.1, 0.15) is 32.6 Å². The van der Waals surface area contributed by atoms with Crippen molar-refractivity contribution in [1.29, 1.82) is 0 Å². The molecule has 122 valence electrons. The average molecular weight is 308 g/mol. The van der Waals surface area contributed by atoms with Crippen LogP contribution in [-0.4, -0.2) is 65.9 Å². The molecule has 0 bridgehead atoms. The van der Waals surface area contributed by atoms with E-state index in [0.29, 0.717) is 0 Å². The lowest BCUT2D eigenvalue weighted by atomic mass is 9.96. The van der Waals surface area contributed by atoms with Crippen LogP contribution in [0.25, 0.3) is 0 Å². The molecule has 3 aliphatic rings. The fourth-order valence-electron chi connectivity index (χ4n) is 3.44. The minimum absolute atomic E-state index is 0.159. The van der Waals surface area contributed by atoms with Gasteiger partial charge >= 0.3 is 6.03 Å². The number of piperidine rings is 1. The number of nitrogens with zero attached hydrogens (tertiary/aromatic N) is 2. The molecule has 1 saturated carbocycles. The zero-order valence-corrected chi connectivity index (χ0v) is 13.2. The third-order valence-corrected chi connectivity index (χ3v) is 5.24. The van der Waals surface area contributed by atoms with Gasteiger partial charge in [-0.15, -0.1) is 0 Å². The average Bonchev–Trinajstić information content (AvgIpc) is 3.33. The summed E-state index contributed by atoms with van der Waals surface area (Å²) in [6.45, 7) is 3.40. The number of hydrogen-bond acceptors (Lipinski definition) is 4. The van der Waals surface area contributed by atoms with Crippen LogP contribution in [0.4, 0.5) is 4.79 Å². The van der Waals surface area contributed by atoms with Crippen LogP contribution in [0, 0.1) is 5.92 Å². The summed E-state index contributed by atoms with van der Waals surface area (Å²) >= 11 is 0. The number of urea groups is 1. The fraction of sp³-hybridized carbons (Fsp3) is 0.800. The smallest absolute Gasteiger partial charge is 0.325 e. The first kappa shape index (κ1) is 15.3. The molecule has 2 heterocycles. The molecule has 1 unspecified atom stereocenters. The maximum absolute atomic E-state index is 12.5. The van der Waals surface area contributed by atoms with E-state index in [2.05, 4.69) is 10.6 Å². The highest BCUT2D eigenvalue weighted by Gasteiger charge is 2.56. The summed E-state index contributed by atoms with van der Waals surface area (Å²) < 4.78 is 0. The summed E-state index contributed by atoms with van der Waals surface area (Å²) in [5, 5.41) is 6.03. The van der Waals surface area contributed by atoms with Crippen LogP contribution < -0.4 is 10.6 Å². The summed E-state index contributed by atoms with van der Waals surface area (Å²) in [7, 11) is 1.76. The second kappa shape index (κ2) is 5.53.